The molecule has 5 rings (SSSR count). The van der Waals surface area contributed by atoms with Gasteiger partial charge in [-0.05, 0) is 61.6 Å². The molecule has 2 aliphatic rings. The second-order valence-corrected chi connectivity index (χ2v) is 9.52. The average molecular weight is 484 g/mol. The van der Waals surface area contributed by atoms with Crippen LogP contribution in [-0.4, -0.2) is 40.6 Å². The molecule has 1 aromatic heterocycles. The Bertz CT molecular complexity index is 1170. The number of aryl methyl sites for hydroxylation is 1. The van der Waals surface area contributed by atoms with Crippen LogP contribution < -0.4 is 15.0 Å². The fourth-order valence-corrected chi connectivity index (χ4v) is 5.30. The number of nitrogens with zero attached hydrogens (tertiary/aromatic N) is 2. The topological polar surface area (TPSA) is 71.5 Å². The number of anilines is 1. The molecule has 0 bridgehead atoms. The van der Waals surface area contributed by atoms with Crippen LogP contribution in [-0.2, 0) is 11.2 Å². The van der Waals surface area contributed by atoms with Crippen LogP contribution in [0.25, 0.3) is 10.9 Å². The number of ether oxygens (including phenoxy) is 1. The van der Waals surface area contributed by atoms with Crippen LogP contribution in [0.15, 0.2) is 54.6 Å². The number of fused-ring (bicyclic) bond motifs is 1. The van der Waals surface area contributed by atoms with Gasteiger partial charge in [0.25, 0.3) is 5.24 Å². The molecular formula is C25H26ClN3O3S. The van der Waals surface area contributed by atoms with E-state index in [0.29, 0.717) is 13.0 Å². The van der Waals surface area contributed by atoms with Crippen LogP contribution in [0.3, 0.4) is 0 Å². The van der Waals surface area contributed by atoms with E-state index in [9.17, 15) is 9.59 Å². The largest absolute Gasteiger partial charge is 0.491 e. The highest BCUT2D eigenvalue weighted by Gasteiger charge is 2.31. The van der Waals surface area contributed by atoms with Crippen molar-refractivity contribution < 1.29 is 14.3 Å². The maximum absolute atomic E-state index is 11.8. The molecule has 0 aliphatic carbocycles. The molecule has 0 saturated carbocycles. The molecule has 3 aromatic rings. The maximum Gasteiger partial charge on any atom is 0.286 e. The number of thioether (sulfide) groups is 1. The molecule has 6 nitrogen and oxygen atoms in total. The van der Waals surface area contributed by atoms with Gasteiger partial charge >= 0.3 is 0 Å². The van der Waals surface area contributed by atoms with Gasteiger partial charge in [0.2, 0.25) is 5.91 Å². The van der Waals surface area contributed by atoms with E-state index >= 15 is 0 Å². The van der Waals surface area contributed by atoms with Crippen molar-refractivity contribution in [2.24, 2.45) is 0 Å². The summed E-state index contributed by atoms with van der Waals surface area (Å²) in [6.45, 7) is 3.72. The minimum Gasteiger partial charge on any atom is -0.491 e. The van der Waals surface area contributed by atoms with E-state index in [4.69, 9.17) is 9.72 Å². The van der Waals surface area contributed by atoms with E-state index in [2.05, 4.69) is 41.4 Å². The van der Waals surface area contributed by atoms with Crippen LogP contribution in [0.1, 0.15) is 24.0 Å². The van der Waals surface area contributed by atoms with E-state index in [-0.39, 0.29) is 34.8 Å². The lowest BCUT2D eigenvalue weighted by Crippen LogP contribution is -2.34. The highest BCUT2D eigenvalue weighted by molar-refractivity contribution is 8.15. The SMILES string of the molecule is Cc1cc(N2CCC[C@H]2COc2ccc(CC3SC(=O)NC3=O)cc2)nc2ccccc12.Cl. The number of carbonyl (C=O) groups excluding carboxylic acids is 2. The van der Waals surface area contributed by atoms with Gasteiger partial charge in [-0.3, -0.25) is 14.9 Å². The molecule has 1 N–H and O–H groups in total. The Morgan fingerprint density at radius 2 is 1.94 bits per heavy atom. The van der Waals surface area contributed by atoms with E-state index in [1.807, 2.05) is 30.3 Å². The number of rotatable bonds is 6. The predicted octanol–water partition coefficient (Wildman–Crippen LogP) is 4.91. The van der Waals surface area contributed by atoms with Crippen molar-refractivity contribution in [1.29, 1.82) is 0 Å². The molecule has 2 aliphatic heterocycles. The summed E-state index contributed by atoms with van der Waals surface area (Å²) in [5.74, 6) is 1.62. The summed E-state index contributed by atoms with van der Waals surface area (Å²) >= 11 is 1.06. The molecule has 2 amide bonds. The molecular weight excluding hydrogens is 458 g/mol. The van der Waals surface area contributed by atoms with Gasteiger partial charge in [-0.1, -0.05) is 42.1 Å². The first kappa shape index (κ1) is 23.4. The molecule has 2 aromatic carbocycles. The van der Waals surface area contributed by atoms with Crippen LogP contribution in [0, 0.1) is 6.92 Å². The molecule has 8 heteroatoms. The number of pyridine rings is 1. The average Bonchev–Trinajstić information content (AvgIpc) is 3.39. The number of para-hydroxylation sites is 1. The van der Waals surface area contributed by atoms with E-state index in [1.165, 1.54) is 10.9 Å². The molecule has 1 unspecified atom stereocenters. The van der Waals surface area contributed by atoms with Gasteiger partial charge in [0, 0.05) is 11.9 Å². The molecule has 2 atom stereocenters. The minimum absolute atomic E-state index is 0. The highest BCUT2D eigenvalue weighted by atomic mass is 35.5. The normalized spacial score (nSPS) is 20.1. The van der Waals surface area contributed by atoms with Crippen molar-refractivity contribution in [2.45, 2.75) is 37.5 Å². The monoisotopic (exact) mass is 483 g/mol. The molecule has 0 spiro atoms. The molecule has 2 fully saturated rings. The molecule has 172 valence electrons. The van der Waals surface area contributed by atoms with Gasteiger partial charge in [-0.15, -0.1) is 12.4 Å². The summed E-state index contributed by atoms with van der Waals surface area (Å²) in [5, 5.41) is 2.91. The van der Waals surface area contributed by atoms with Crippen molar-refractivity contribution in [3.8, 4) is 5.75 Å². The van der Waals surface area contributed by atoms with Gasteiger partial charge in [0.05, 0.1) is 16.8 Å². The predicted molar refractivity (Wildman–Crippen MR) is 135 cm³/mol. The third-order valence-corrected chi connectivity index (χ3v) is 7.12. The van der Waals surface area contributed by atoms with E-state index < -0.39 is 0 Å². The number of carbonyl (C=O) groups is 2. The van der Waals surface area contributed by atoms with Gasteiger partial charge in [0.1, 0.15) is 18.2 Å². The summed E-state index contributed by atoms with van der Waals surface area (Å²) in [6.07, 6.45) is 2.74. The third-order valence-electron chi connectivity index (χ3n) is 6.13. The van der Waals surface area contributed by atoms with Crippen LogP contribution in [0.5, 0.6) is 5.75 Å². The lowest BCUT2D eigenvalue weighted by molar-refractivity contribution is -0.118. The van der Waals surface area contributed by atoms with E-state index in [0.717, 1.165) is 53.8 Å². The number of amides is 2. The Morgan fingerprint density at radius 3 is 2.70 bits per heavy atom. The first-order chi connectivity index (χ1) is 15.6. The zero-order valence-corrected chi connectivity index (χ0v) is 20.0. The number of aromatic nitrogens is 1. The summed E-state index contributed by atoms with van der Waals surface area (Å²) < 4.78 is 6.11. The van der Waals surface area contributed by atoms with Crippen molar-refractivity contribution in [2.75, 3.05) is 18.1 Å². The van der Waals surface area contributed by atoms with Gasteiger partial charge < -0.3 is 9.64 Å². The van der Waals surface area contributed by atoms with E-state index in [1.54, 1.807) is 0 Å². The first-order valence-corrected chi connectivity index (χ1v) is 11.8. The summed E-state index contributed by atoms with van der Waals surface area (Å²) in [4.78, 5) is 30.4. The Morgan fingerprint density at radius 1 is 1.15 bits per heavy atom. The second kappa shape index (κ2) is 10.0. The molecule has 33 heavy (non-hydrogen) atoms. The lowest BCUT2D eigenvalue weighted by Gasteiger charge is -2.26. The Hall–Kier alpha value is -2.77. The molecule has 0 radical (unpaired) electrons. The summed E-state index contributed by atoms with van der Waals surface area (Å²) in [6, 6.07) is 18.5. The van der Waals surface area contributed by atoms with Crippen LogP contribution in [0.2, 0.25) is 0 Å². The number of halogens is 1. The van der Waals surface area contributed by atoms with Crippen LogP contribution >= 0.6 is 24.2 Å². The van der Waals surface area contributed by atoms with Crippen molar-refractivity contribution in [3.05, 3.63) is 65.7 Å². The van der Waals surface area contributed by atoms with Crippen molar-refractivity contribution in [3.63, 3.8) is 0 Å². The minimum atomic E-state index is -0.348. The van der Waals surface area contributed by atoms with Gasteiger partial charge in [0.15, 0.2) is 0 Å². The number of nitrogens with one attached hydrogen (secondary N) is 1. The smallest absolute Gasteiger partial charge is 0.286 e. The Balaban J connectivity index is 0.00000259. The standard InChI is InChI=1S/C25H25N3O3S.ClH/c1-16-13-23(26-21-7-3-2-6-20(16)21)28-12-4-5-18(28)15-31-19-10-8-17(9-11-19)14-22-24(29)27-25(30)32-22;/h2-3,6-11,13,18,22H,4-5,12,14-15H2,1H3,(H,27,29,30);1H/t18-,22?;/m0./s1. The summed E-state index contributed by atoms with van der Waals surface area (Å²) in [7, 11) is 0. The fraction of sp³-hybridized carbons (Fsp3) is 0.320. The number of hydrogen-bond acceptors (Lipinski definition) is 6. The van der Waals surface area contributed by atoms with Gasteiger partial charge in [-0.2, -0.15) is 0 Å². The highest BCUT2D eigenvalue weighted by Crippen LogP contribution is 2.29. The Labute approximate surface area is 203 Å². The zero-order valence-electron chi connectivity index (χ0n) is 18.3. The second-order valence-electron chi connectivity index (χ2n) is 8.35. The number of hydrogen-bond donors (Lipinski definition) is 1. The van der Waals surface area contributed by atoms with Crippen molar-refractivity contribution in [1.82, 2.24) is 10.3 Å². The number of imide groups is 1. The van der Waals surface area contributed by atoms with Crippen LogP contribution in [0.4, 0.5) is 10.6 Å². The summed E-state index contributed by atoms with van der Waals surface area (Å²) in [5.41, 5.74) is 3.28. The maximum atomic E-state index is 11.8. The fourth-order valence-electron chi connectivity index (χ4n) is 4.45. The Kier molecular flexibility index (Phi) is 7.10. The molecule has 2 saturated heterocycles. The van der Waals surface area contributed by atoms with Crippen molar-refractivity contribution >= 4 is 52.0 Å². The lowest BCUT2D eigenvalue weighted by atomic mass is 10.1. The molecule has 3 heterocycles. The third kappa shape index (κ3) is 5.09. The zero-order chi connectivity index (χ0) is 22.1. The van der Waals surface area contributed by atoms with Gasteiger partial charge in [-0.25, -0.2) is 4.98 Å². The first-order valence-electron chi connectivity index (χ1n) is 10.9. The number of benzene rings is 2. The quantitative estimate of drug-likeness (QED) is 0.537.